The number of anilines is 2. The van der Waals surface area contributed by atoms with Crippen LogP contribution < -0.4 is 4.90 Å². The number of para-hydroxylation sites is 1. The highest BCUT2D eigenvalue weighted by molar-refractivity contribution is 5.84. The van der Waals surface area contributed by atoms with Crippen molar-refractivity contribution in [2.45, 2.75) is 12.0 Å². The summed E-state index contributed by atoms with van der Waals surface area (Å²) in [7, 11) is 0. The maximum absolute atomic E-state index is 7.40. The second-order valence-electron chi connectivity index (χ2n) is 7.54. The van der Waals surface area contributed by atoms with Crippen LogP contribution in [0.15, 0.2) is 84.6 Å². The third-order valence-corrected chi connectivity index (χ3v) is 5.94. The van der Waals surface area contributed by atoms with Crippen LogP contribution in [0.5, 0.6) is 0 Å². The summed E-state index contributed by atoms with van der Waals surface area (Å²) < 4.78 is 1.98. The smallest absolute Gasteiger partial charge is 0.187 e. The van der Waals surface area contributed by atoms with Gasteiger partial charge in [-0.15, -0.1) is 5.10 Å². The van der Waals surface area contributed by atoms with Crippen LogP contribution >= 0.6 is 0 Å². The molecule has 4 aromatic rings. The lowest BCUT2D eigenvalue weighted by Gasteiger charge is -2.27. The number of rotatable bonds is 1. The molecule has 0 saturated heterocycles. The van der Waals surface area contributed by atoms with Crippen LogP contribution in [0.25, 0.3) is 26.1 Å². The fraction of sp³-hybridized carbons (Fsp3) is 0.0800. The third kappa shape index (κ3) is 2.24. The summed E-state index contributed by atoms with van der Waals surface area (Å²) in [6, 6.07) is 20.4. The maximum Gasteiger partial charge on any atom is 0.187 e. The van der Waals surface area contributed by atoms with Gasteiger partial charge in [-0.3, -0.25) is 0 Å². The molecule has 0 N–H and O–H groups in total. The first-order chi connectivity index (χ1) is 14.8. The van der Waals surface area contributed by atoms with E-state index in [4.69, 9.17) is 18.2 Å². The monoisotopic (exact) mass is 385 g/mol. The molecule has 30 heavy (non-hydrogen) atoms. The minimum atomic E-state index is 0.0253. The number of aromatic nitrogens is 2. The van der Waals surface area contributed by atoms with E-state index in [2.05, 4.69) is 51.0 Å². The first-order valence-corrected chi connectivity index (χ1v) is 9.72. The molecular weight excluding hydrogens is 370 g/mol. The van der Waals surface area contributed by atoms with Gasteiger partial charge in [0.15, 0.2) is 17.2 Å². The number of pyridine rings is 1. The Morgan fingerprint density at radius 2 is 1.83 bits per heavy atom. The predicted octanol–water partition coefficient (Wildman–Crippen LogP) is 6.02. The number of nitrogens with zero attached hydrogens (tertiary/aromatic N) is 5. The molecule has 1 aliphatic heterocycles. The second kappa shape index (κ2) is 6.07. The average Bonchev–Trinajstić information content (AvgIpc) is 3.37. The Bertz CT molecular complexity index is 1490. The molecule has 2 atom stereocenters. The van der Waals surface area contributed by atoms with E-state index in [1.165, 1.54) is 0 Å². The van der Waals surface area contributed by atoms with Crippen LogP contribution in [0.4, 0.5) is 17.2 Å². The summed E-state index contributed by atoms with van der Waals surface area (Å²) in [6.45, 7) is 14.8. The van der Waals surface area contributed by atoms with Crippen molar-refractivity contribution in [1.82, 2.24) is 9.61 Å². The molecule has 5 heteroatoms. The third-order valence-electron chi connectivity index (χ3n) is 5.94. The molecular formula is C25H15N5. The molecule has 0 bridgehead atoms. The molecule has 0 saturated carbocycles. The van der Waals surface area contributed by atoms with E-state index in [9.17, 15) is 0 Å². The van der Waals surface area contributed by atoms with E-state index >= 15 is 0 Å². The number of allylic oxidation sites excluding steroid dienone is 1. The zero-order valence-electron chi connectivity index (χ0n) is 15.9. The molecule has 0 amide bonds. The lowest BCUT2D eigenvalue weighted by molar-refractivity contribution is 0.731. The van der Waals surface area contributed by atoms with Crippen molar-refractivity contribution in [3.8, 4) is 0 Å². The fourth-order valence-electron chi connectivity index (χ4n) is 4.59. The molecule has 0 radical (unpaired) electrons. The highest BCUT2D eigenvalue weighted by Gasteiger charge is 2.39. The highest BCUT2D eigenvalue weighted by Crippen LogP contribution is 2.49. The summed E-state index contributed by atoms with van der Waals surface area (Å²) in [6.07, 6.45) is 5.97. The van der Waals surface area contributed by atoms with Crippen molar-refractivity contribution in [3.63, 3.8) is 0 Å². The highest BCUT2D eigenvalue weighted by atomic mass is 15.3. The first kappa shape index (κ1) is 16.6. The topological polar surface area (TPSA) is 29.3 Å². The fourth-order valence-corrected chi connectivity index (χ4v) is 4.59. The van der Waals surface area contributed by atoms with E-state index in [0.29, 0.717) is 11.4 Å². The molecule has 0 spiro atoms. The second-order valence-corrected chi connectivity index (χ2v) is 7.54. The van der Waals surface area contributed by atoms with Gasteiger partial charge in [0.1, 0.15) is 0 Å². The summed E-state index contributed by atoms with van der Waals surface area (Å²) in [4.78, 5) is 9.45. The minimum absolute atomic E-state index is 0.0253. The Balaban J connectivity index is 1.57. The Morgan fingerprint density at radius 3 is 2.70 bits per heavy atom. The van der Waals surface area contributed by atoms with Gasteiger partial charge in [0.2, 0.25) is 0 Å². The van der Waals surface area contributed by atoms with E-state index in [1.54, 1.807) is 0 Å². The molecule has 5 nitrogen and oxygen atoms in total. The van der Waals surface area contributed by atoms with Crippen molar-refractivity contribution in [2.24, 2.45) is 0 Å². The van der Waals surface area contributed by atoms with Gasteiger partial charge in [-0.05, 0) is 23.8 Å². The van der Waals surface area contributed by atoms with Gasteiger partial charge in [0.25, 0.3) is 0 Å². The lowest BCUT2D eigenvalue weighted by atomic mass is 9.90. The van der Waals surface area contributed by atoms with E-state index in [-0.39, 0.29) is 12.0 Å². The number of hydrogen-bond donors (Lipinski definition) is 0. The number of fused-ring (bicyclic) bond motifs is 6. The minimum Gasteiger partial charge on any atom is -0.317 e. The van der Waals surface area contributed by atoms with Crippen molar-refractivity contribution in [2.75, 3.05) is 4.90 Å². The van der Waals surface area contributed by atoms with E-state index in [0.717, 1.165) is 33.5 Å². The van der Waals surface area contributed by atoms with Crippen LogP contribution in [0.2, 0.25) is 0 Å². The largest absolute Gasteiger partial charge is 0.317 e. The molecule has 2 aromatic carbocycles. The van der Waals surface area contributed by atoms with Gasteiger partial charge in [-0.1, -0.05) is 54.6 Å². The molecule has 140 valence electrons. The van der Waals surface area contributed by atoms with Crippen molar-refractivity contribution < 1.29 is 0 Å². The molecule has 2 aromatic heterocycles. The lowest BCUT2D eigenvalue weighted by Crippen LogP contribution is -2.29. The summed E-state index contributed by atoms with van der Waals surface area (Å²) in [5, 5.41) is 6.10. The van der Waals surface area contributed by atoms with Crippen LogP contribution in [0.3, 0.4) is 0 Å². The maximum atomic E-state index is 7.40. The van der Waals surface area contributed by atoms with Crippen LogP contribution in [-0.4, -0.2) is 15.7 Å². The molecule has 2 aliphatic rings. The van der Waals surface area contributed by atoms with E-state index in [1.807, 2.05) is 47.0 Å². The van der Waals surface area contributed by atoms with Crippen molar-refractivity contribution in [1.29, 1.82) is 0 Å². The van der Waals surface area contributed by atoms with Crippen molar-refractivity contribution in [3.05, 3.63) is 113 Å². The first-order valence-electron chi connectivity index (χ1n) is 9.72. The van der Waals surface area contributed by atoms with Gasteiger partial charge in [-0.25, -0.2) is 14.2 Å². The Hall–Kier alpha value is -4.35. The van der Waals surface area contributed by atoms with Crippen LogP contribution in [-0.2, 0) is 0 Å². The van der Waals surface area contributed by atoms with Gasteiger partial charge < -0.3 is 4.90 Å². The zero-order valence-corrected chi connectivity index (χ0v) is 15.9. The Labute approximate surface area is 173 Å². The predicted molar refractivity (Wildman–Crippen MR) is 118 cm³/mol. The number of hydrogen-bond acceptors (Lipinski definition) is 2. The number of benzene rings is 2. The molecule has 0 fully saturated rings. The molecule has 3 heterocycles. The molecule has 2 unspecified atom stereocenters. The van der Waals surface area contributed by atoms with Gasteiger partial charge in [-0.2, -0.15) is 0 Å². The van der Waals surface area contributed by atoms with E-state index < -0.39 is 0 Å². The summed E-state index contributed by atoms with van der Waals surface area (Å²) >= 11 is 0. The average molecular weight is 385 g/mol. The zero-order chi connectivity index (χ0) is 20.2. The van der Waals surface area contributed by atoms with Gasteiger partial charge >= 0.3 is 0 Å². The van der Waals surface area contributed by atoms with Crippen molar-refractivity contribution >= 4 is 33.6 Å². The quantitative estimate of drug-likeness (QED) is 0.375. The van der Waals surface area contributed by atoms with Crippen LogP contribution in [0, 0.1) is 13.1 Å². The summed E-state index contributed by atoms with van der Waals surface area (Å²) in [5.41, 5.74) is 5.46. The van der Waals surface area contributed by atoms with Gasteiger partial charge in [0.05, 0.1) is 30.2 Å². The van der Waals surface area contributed by atoms with Gasteiger partial charge in [0, 0.05) is 23.1 Å². The standard InChI is InChI=1S/C25H15N5/c1-26-17-8-11-23-20(13-17)21-14-18(27-2)9-12-24(21)29(23)25-15-19-10-7-16-5-3-4-6-22(16)30(19)28-25/h3-15,20,23H. The Morgan fingerprint density at radius 1 is 0.933 bits per heavy atom. The normalized spacial score (nSPS) is 19.3. The van der Waals surface area contributed by atoms with Crippen LogP contribution in [0.1, 0.15) is 11.5 Å². The Kier molecular flexibility index (Phi) is 3.36. The summed E-state index contributed by atoms with van der Waals surface area (Å²) in [5.74, 6) is 0.886. The molecule has 6 rings (SSSR count). The SMILES string of the molecule is [C-]#[N+]C1=CC2c3cc([N+]#[C-])ccc3N(c3cc4ccc5ccccc5n4n3)C2C=C1. The molecule has 1 aliphatic carbocycles.